The predicted octanol–water partition coefficient (Wildman–Crippen LogP) is 2.63. The Bertz CT molecular complexity index is 598. The first-order valence-corrected chi connectivity index (χ1v) is 8.56. The lowest BCUT2D eigenvalue weighted by atomic mass is 10.0. The number of para-hydroxylation sites is 1. The molecule has 1 aromatic carbocycles. The van der Waals surface area contributed by atoms with E-state index in [0.29, 0.717) is 32.1 Å². The highest BCUT2D eigenvalue weighted by molar-refractivity contribution is 5.75. The topological polar surface area (TPSA) is 71.1 Å². The number of rotatable bonds is 4. The summed E-state index contributed by atoms with van der Waals surface area (Å²) < 4.78 is 10.6. The number of carbonyl (C=O) groups is 2. The molecule has 7 heteroatoms. The lowest BCUT2D eigenvalue weighted by Gasteiger charge is -2.34. The maximum Gasteiger partial charge on any atom is 0.409 e. The fraction of sp³-hybridized carbons (Fsp3) is 0.556. The Kier molecular flexibility index (Phi) is 6.50. The number of nitrogens with zero attached hydrogens (tertiary/aromatic N) is 2. The largest absolute Gasteiger partial charge is 0.471 e. The van der Waals surface area contributed by atoms with Gasteiger partial charge in [0.1, 0.15) is 5.75 Å². The van der Waals surface area contributed by atoms with Crippen molar-refractivity contribution in [1.82, 2.24) is 15.1 Å². The summed E-state index contributed by atoms with van der Waals surface area (Å²) >= 11 is 0. The number of hydrogen-bond donors (Lipinski definition) is 1. The van der Waals surface area contributed by atoms with E-state index in [2.05, 4.69) is 19.2 Å². The zero-order valence-electron chi connectivity index (χ0n) is 15.3. The van der Waals surface area contributed by atoms with Crippen LogP contribution in [-0.2, 0) is 4.74 Å². The molecule has 0 radical (unpaired) electrons. The quantitative estimate of drug-likeness (QED) is 0.848. The van der Waals surface area contributed by atoms with Crippen LogP contribution in [0.15, 0.2) is 24.3 Å². The first-order chi connectivity index (χ1) is 11.9. The van der Waals surface area contributed by atoms with Gasteiger partial charge in [-0.2, -0.15) is 0 Å². The van der Waals surface area contributed by atoms with E-state index in [1.807, 2.05) is 24.3 Å². The molecular formula is C18H27N3O4. The minimum Gasteiger partial charge on any atom is -0.471 e. The number of ether oxygens (including phenoxy) is 2. The summed E-state index contributed by atoms with van der Waals surface area (Å²) in [7, 11) is 1.36. The van der Waals surface area contributed by atoms with E-state index in [4.69, 9.17) is 9.47 Å². The molecule has 1 aromatic rings. The van der Waals surface area contributed by atoms with E-state index in [1.165, 1.54) is 7.11 Å². The Morgan fingerprint density at radius 1 is 1.04 bits per heavy atom. The van der Waals surface area contributed by atoms with Crippen molar-refractivity contribution in [3.63, 3.8) is 0 Å². The molecule has 0 aromatic heterocycles. The van der Waals surface area contributed by atoms with Crippen molar-refractivity contribution in [2.45, 2.75) is 32.9 Å². The molecule has 1 unspecified atom stereocenters. The highest BCUT2D eigenvalue weighted by Gasteiger charge is 2.25. The maximum absolute atomic E-state index is 12.4. The van der Waals surface area contributed by atoms with Gasteiger partial charge in [0.15, 0.2) is 6.23 Å². The van der Waals surface area contributed by atoms with Gasteiger partial charge in [0.2, 0.25) is 0 Å². The minimum atomic E-state index is -0.453. The zero-order valence-corrected chi connectivity index (χ0v) is 15.3. The summed E-state index contributed by atoms with van der Waals surface area (Å²) in [4.78, 5) is 27.1. The van der Waals surface area contributed by atoms with E-state index in [1.54, 1.807) is 16.7 Å². The molecule has 138 valence electrons. The molecule has 0 spiro atoms. The Labute approximate surface area is 148 Å². The summed E-state index contributed by atoms with van der Waals surface area (Å²) in [5, 5.41) is 2.85. The number of amides is 3. The van der Waals surface area contributed by atoms with Gasteiger partial charge in [-0.15, -0.1) is 0 Å². The normalized spacial score (nSPS) is 15.7. The van der Waals surface area contributed by atoms with Gasteiger partial charge in [0.05, 0.1) is 7.11 Å². The van der Waals surface area contributed by atoms with E-state index in [-0.39, 0.29) is 12.1 Å². The van der Waals surface area contributed by atoms with Gasteiger partial charge in [-0.05, 0) is 24.5 Å². The summed E-state index contributed by atoms with van der Waals surface area (Å²) in [5.41, 5.74) is 1.11. The number of nitrogens with one attached hydrogen (secondary N) is 1. The summed E-state index contributed by atoms with van der Waals surface area (Å²) in [6, 6.07) is 7.64. The lowest BCUT2D eigenvalue weighted by molar-refractivity contribution is 0.0925. The maximum atomic E-state index is 12.4. The van der Waals surface area contributed by atoms with Crippen LogP contribution in [0.25, 0.3) is 0 Å². The van der Waals surface area contributed by atoms with Crippen LogP contribution >= 0.6 is 0 Å². The first kappa shape index (κ1) is 18.9. The van der Waals surface area contributed by atoms with Crippen molar-refractivity contribution in [2.24, 2.45) is 0 Å². The molecule has 0 saturated carbocycles. The van der Waals surface area contributed by atoms with E-state index < -0.39 is 6.23 Å². The fourth-order valence-electron chi connectivity index (χ4n) is 2.77. The Balaban J connectivity index is 1.86. The molecule has 1 heterocycles. The second-order valence-corrected chi connectivity index (χ2v) is 6.35. The molecule has 2 rings (SSSR count). The van der Waals surface area contributed by atoms with Crippen LogP contribution in [0, 0.1) is 0 Å². The van der Waals surface area contributed by atoms with Crippen LogP contribution in [0.2, 0.25) is 0 Å². The molecule has 3 amide bonds. The van der Waals surface area contributed by atoms with Crippen LogP contribution in [0.4, 0.5) is 9.59 Å². The van der Waals surface area contributed by atoms with Gasteiger partial charge in [0.25, 0.3) is 0 Å². The van der Waals surface area contributed by atoms with Gasteiger partial charge in [-0.25, -0.2) is 9.59 Å². The smallest absolute Gasteiger partial charge is 0.409 e. The van der Waals surface area contributed by atoms with Crippen molar-refractivity contribution < 1.29 is 19.1 Å². The van der Waals surface area contributed by atoms with Crippen LogP contribution in [0.3, 0.4) is 0 Å². The molecule has 1 N–H and O–H groups in total. The number of piperazine rings is 1. The van der Waals surface area contributed by atoms with Crippen molar-refractivity contribution in [1.29, 1.82) is 0 Å². The highest BCUT2D eigenvalue weighted by Crippen LogP contribution is 2.26. The molecule has 1 fully saturated rings. The molecule has 1 saturated heterocycles. The van der Waals surface area contributed by atoms with Crippen LogP contribution in [0.5, 0.6) is 5.75 Å². The summed E-state index contributed by atoms with van der Waals surface area (Å²) in [5.74, 6) is 1.12. The first-order valence-electron chi connectivity index (χ1n) is 8.56. The second-order valence-electron chi connectivity index (χ2n) is 6.35. The zero-order chi connectivity index (χ0) is 18.4. The molecule has 7 nitrogen and oxygen atoms in total. The lowest BCUT2D eigenvalue weighted by Crippen LogP contribution is -2.54. The number of hydrogen-bond acceptors (Lipinski definition) is 4. The third kappa shape index (κ3) is 5.01. The standard InChI is InChI=1S/C18H27N3O4/c1-13(2)15-7-5-6-8-16(15)25-14(3)19-17(22)20-9-11-21(12-10-20)18(23)24-4/h5-8,13-14H,9-12H2,1-4H3,(H,19,22). The van der Waals surface area contributed by atoms with Crippen molar-refractivity contribution in [3.05, 3.63) is 29.8 Å². The van der Waals surface area contributed by atoms with Gasteiger partial charge >= 0.3 is 12.1 Å². The molecule has 1 atom stereocenters. The molecule has 1 aliphatic heterocycles. The Morgan fingerprint density at radius 3 is 2.24 bits per heavy atom. The van der Waals surface area contributed by atoms with Crippen molar-refractivity contribution in [3.8, 4) is 5.75 Å². The van der Waals surface area contributed by atoms with Crippen molar-refractivity contribution >= 4 is 12.1 Å². The summed E-state index contributed by atoms with van der Waals surface area (Å²) in [6.07, 6.45) is -0.812. The fourth-order valence-corrected chi connectivity index (χ4v) is 2.77. The van der Waals surface area contributed by atoms with Gasteiger partial charge < -0.3 is 24.6 Å². The Morgan fingerprint density at radius 2 is 1.64 bits per heavy atom. The van der Waals surface area contributed by atoms with E-state index in [9.17, 15) is 9.59 Å². The van der Waals surface area contributed by atoms with Gasteiger partial charge in [-0.1, -0.05) is 32.0 Å². The van der Waals surface area contributed by atoms with E-state index in [0.717, 1.165) is 11.3 Å². The number of carbonyl (C=O) groups excluding carboxylic acids is 2. The molecular weight excluding hydrogens is 322 g/mol. The van der Waals surface area contributed by atoms with Crippen LogP contribution in [0.1, 0.15) is 32.3 Å². The molecule has 0 aliphatic carbocycles. The number of urea groups is 1. The third-order valence-electron chi connectivity index (χ3n) is 4.17. The SMILES string of the molecule is COC(=O)N1CCN(C(=O)NC(C)Oc2ccccc2C(C)C)CC1. The summed E-state index contributed by atoms with van der Waals surface area (Å²) in [6.45, 7) is 7.88. The molecule has 0 bridgehead atoms. The van der Waals surface area contributed by atoms with E-state index >= 15 is 0 Å². The average Bonchev–Trinajstić information content (AvgIpc) is 2.61. The highest BCUT2D eigenvalue weighted by atomic mass is 16.5. The third-order valence-corrected chi connectivity index (χ3v) is 4.17. The van der Waals surface area contributed by atoms with Crippen LogP contribution in [-0.4, -0.2) is 61.4 Å². The monoisotopic (exact) mass is 349 g/mol. The molecule has 25 heavy (non-hydrogen) atoms. The Hall–Kier alpha value is -2.44. The second kappa shape index (κ2) is 8.60. The minimum absolute atomic E-state index is 0.195. The van der Waals surface area contributed by atoms with Crippen LogP contribution < -0.4 is 10.1 Å². The molecule has 1 aliphatic rings. The number of benzene rings is 1. The predicted molar refractivity (Wildman–Crippen MR) is 94.7 cm³/mol. The number of methoxy groups -OCH3 is 1. The van der Waals surface area contributed by atoms with Gasteiger partial charge in [-0.3, -0.25) is 0 Å². The van der Waals surface area contributed by atoms with Gasteiger partial charge in [0, 0.05) is 26.2 Å². The van der Waals surface area contributed by atoms with Crippen molar-refractivity contribution in [2.75, 3.05) is 33.3 Å². The average molecular weight is 349 g/mol.